The van der Waals surface area contributed by atoms with E-state index in [1.165, 1.54) is 29.2 Å². The van der Waals surface area contributed by atoms with E-state index in [2.05, 4.69) is 15.6 Å². The molecule has 0 bridgehead atoms. The van der Waals surface area contributed by atoms with E-state index in [0.29, 0.717) is 48.2 Å². The average molecular weight is 574 g/mol. The Morgan fingerprint density at radius 1 is 1.26 bits per heavy atom. The number of amides is 1. The number of hydrogen-bond acceptors (Lipinski definition) is 12. The molecule has 13 heteroatoms. The molecule has 1 saturated heterocycles. The summed E-state index contributed by atoms with van der Waals surface area (Å²) < 4.78 is 12.2. The van der Waals surface area contributed by atoms with Gasteiger partial charge in [0, 0.05) is 42.2 Å². The van der Waals surface area contributed by atoms with Gasteiger partial charge in [-0.1, -0.05) is 12.8 Å². The van der Waals surface area contributed by atoms with E-state index in [4.69, 9.17) is 26.4 Å². The molecule has 4 heterocycles. The predicted octanol–water partition coefficient (Wildman–Crippen LogP) is 3.02. The first-order valence-corrected chi connectivity index (χ1v) is 15.0. The fourth-order valence-corrected chi connectivity index (χ4v) is 7.02. The van der Waals surface area contributed by atoms with Crippen LogP contribution in [0, 0.1) is 0 Å². The zero-order chi connectivity index (χ0) is 27.5. The van der Waals surface area contributed by atoms with Gasteiger partial charge in [0.1, 0.15) is 4.70 Å². The fourth-order valence-electron chi connectivity index (χ4n) is 5.03. The number of primary amides is 1. The molecule has 0 spiro atoms. The highest BCUT2D eigenvalue weighted by molar-refractivity contribution is 8.00. The van der Waals surface area contributed by atoms with Crippen LogP contribution >= 0.6 is 23.1 Å². The highest BCUT2D eigenvalue weighted by atomic mass is 32.2. The normalized spacial score (nSPS) is 21.5. The van der Waals surface area contributed by atoms with E-state index in [1.54, 1.807) is 6.20 Å². The van der Waals surface area contributed by atoms with Crippen LogP contribution in [-0.2, 0) is 4.74 Å². The molecule has 8 N–H and O–H groups in total. The number of nitrogens with two attached hydrogens (primary N) is 3. The number of carbonyl (C=O) groups is 1. The average Bonchev–Trinajstić information content (AvgIpc) is 3.35. The van der Waals surface area contributed by atoms with Crippen LogP contribution in [0.25, 0.3) is 10.3 Å². The Balaban J connectivity index is 1.32. The molecule has 0 radical (unpaired) electrons. The van der Waals surface area contributed by atoms with Gasteiger partial charge in [-0.25, -0.2) is 4.98 Å². The number of ether oxygens (including phenoxy) is 1. The van der Waals surface area contributed by atoms with Crippen molar-refractivity contribution < 1.29 is 13.9 Å². The first-order valence-electron chi connectivity index (χ1n) is 13.2. The summed E-state index contributed by atoms with van der Waals surface area (Å²) >= 11 is 2.76. The van der Waals surface area contributed by atoms with Gasteiger partial charge in [0.15, 0.2) is 17.2 Å². The summed E-state index contributed by atoms with van der Waals surface area (Å²) in [7, 11) is 0. The number of nitrogens with one attached hydrogen (secondary N) is 2. The minimum atomic E-state index is -0.624. The summed E-state index contributed by atoms with van der Waals surface area (Å²) in [6.07, 6.45) is 5.84. The molecule has 1 aliphatic heterocycles. The third-order valence-electron chi connectivity index (χ3n) is 7.09. The quantitative estimate of drug-likeness (QED) is 0.238. The van der Waals surface area contributed by atoms with Crippen molar-refractivity contribution in [1.82, 2.24) is 4.98 Å². The number of thiophene rings is 1. The summed E-state index contributed by atoms with van der Waals surface area (Å²) in [6.45, 7) is 4.43. The molecule has 210 valence electrons. The van der Waals surface area contributed by atoms with Gasteiger partial charge in [-0.05, 0) is 25.8 Å². The van der Waals surface area contributed by atoms with Crippen LogP contribution in [0.15, 0.2) is 32.9 Å². The number of pyridine rings is 1. The third kappa shape index (κ3) is 6.33. The summed E-state index contributed by atoms with van der Waals surface area (Å²) in [4.78, 5) is 31.2. The van der Waals surface area contributed by atoms with Gasteiger partial charge < -0.3 is 41.9 Å². The zero-order valence-corrected chi connectivity index (χ0v) is 23.5. The van der Waals surface area contributed by atoms with Gasteiger partial charge in [0.05, 0.1) is 41.5 Å². The first kappa shape index (κ1) is 27.7. The highest BCUT2D eigenvalue weighted by Gasteiger charge is 2.24. The molecule has 4 atom stereocenters. The van der Waals surface area contributed by atoms with Gasteiger partial charge in [-0.15, -0.1) is 23.1 Å². The van der Waals surface area contributed by atoms with Crippen molar-refractivity contribution in [3.63, 3.8) is 0 Å². The minimum absolute atomic E-state index is 0.0719. The Morgan fingerprint density at radius 3 is 2.77 bits per heavy atom. The zero-order valence-electron chi connectivity index (χ0n) is 21.9. The van der Waals surface area contributed by atoms with E-state index in [-0.39, 0.29) is 28.6 Å². The standard InChI is InChI=1S/C26H35N7O4S2/c1-14(31-19-10-15(12-30-22(19)25(28)35)32-18-5-3-2-4-17(18)27)39-26(29)16-13-38-24-20(34)11-21(37-23(16)24)33-6-8-36-9-7-33/h10-14,17-18,26,31-32H,2-9,27,29H2,1H3,(H2,28,35)/t14?,17-,18+,26?/m1/s1. The second-order valence-electron chi connectivity index (χ2n) is 9.92. The number of rotatable bonds is 9. The molecular formula is C26H35N7O4S2. The highest BCUT2D eigenvalue weighted by Crippen LogP contribution is 2.37. The van der Waals surface area contributed by atoms with E-state index < -0.39 is 11.3 Å². The lowest BCUT2D eigenvalue weighted by atomic mass is 9.91. The van der Waals surface area contributed by atoms with Crippen molar-refractivity contribution in [2.45, 2.75) is 55.4 Å². The minimum Gasteiger partial charge on any atom is -0.439 e. The molecule has 2 fully saturated rings. The second kappa shape index (κ2) is 12.1. The molecule has 3 aromatic heterocycles. The van der Waals surface area contributed by atoms with Crippen molar-refractivity contribution >= 4 is 56.5 Å². The lowest BCUT2D eigenvalue weighted by Gasteiger charge is -2.30. The summed E-state index contributed by atoms with van der Waals surface area (Å²) in [5.74, 6) is -0.0980. The Kier molecular flexibility index (Phi) is 8.62. The number of nitrogens with zero attached hydrogens (tertiary/aromatic N) is 2. The second-order valence-corrected chi connectivity index (χ2v) is 12.3. The Hall–Kier alpha value is -2.84. The monoisotopic (exact) mass is 573 g/mol. The first-order chi connectivity index (χ1) is 18.8. The molecule has 0 aromatic carbocycles. The van der Waals surface area contributed by atoms with Crippen LogP contribution in [-0.4, -0.2) is 54.7 Å². The lowest BCUT2D eigenvalue weighted by Crippen LogP contribution is -2.42. The van der Waals surface area contributed by atoms with E-state index in [0.717, 1.165) is 36.9 Å². The summed E-state index contributed by atoms with van der Waals surface area (Å²) in [6, 6.07) is 3.60. The largest absolute Gasteiger partial charge is 0.439 e. The number of carbonyl (C=O) groups excluding carboxylic acids is 1. The van der Waals surface area contributed by atoms with Gasteiger partial charge in [0.2, 0.25) is 5.43 Å². The van der Waals surface area contributed by atoms with Crippen molar-refractivity contribution in [3.8, 4) is 0 Å². The lowest BCUT2D eigenvalue weighted by molar-refractivity contribution is 0.0996. The van der Waals surface area contributed by atoms with E-state index >= 15 is 0 Å². The van der Waals surface area contributed by atoms with Crippen molar-refractivity contribution in [2.24, 2.45) is 17.2 Å². The maximum atomic E-state index is 12.8. The molecule has 39 heavy (non-hydrogen) atoms. The van der Waals surface area contributed by atoms with Crippen LogP contribution in [0.5, 0.6) is 0 Å². The Labute approximate surface area is 234 Å². The van der Waals surface area contributed by atoms with Gasteiger partial charge in [0.25, 0.3) is 5.91 Å². The van der Waals surface area contributed by atoms with Crippen LogP contribution in [0.4, 0.5) is 17.3 Å². The molecule has 3 aromatic rings. The van der Waals surface area contributed by atoms with Crippen LogP contribution in [0.3, 0.4) is 0 Å². The number of hydrogen-bond donors (Lipinski definition) is 5. The Morgan fingerprint density at radius 2 is 2.03 bits per heavy atom. The molecule has 1 aliphatic carbocycles. The van der Waals surface area contributed by atoms with Crippen LogP contribution in [0.2, 0.25) is 0 Å². The molecule has 2 aliphatic rings. The summed E-state index contributed by atoms with van der Waals surface area (Å²) in [5.41, 5.74) is 21.1. The molecule has 1 saturated carbocycles. The molecule has 2 unspecified atom stereocenters. The SMILES string of the molecule is CC(Nc1cc(N[C@H]2CCCC[C@H]2N)cnc1C(N)=O)SC(N)c1csc2c(=O)cc(N3CCOCC3)oc12. The van der Waals surface area contributed by atoms with Crippen LogP contribution < -0.4 is 38.2 Å². The van der Waals surface area contributed by atoms with Crippen molar-refractivity contribution in [3.05, 3.63) is 45.2 Å². The molecule has 11 nitrogen and oxygen atoms in total. The predicted molar refractivity (Wildman–Crippen MR) is 158 cm³/mol. The topological polar surface area (TPSA) is 175 Å². The maximum Gasteiger partial charge on any atom is 0.269 e. The van der Waals surface area contributed by atoms with Crippen LogP contribution in [0.1, 0.15) is 54.0 Å². The smallest absolute Gasteiger partial charge is 0.269 e. The third-order valence-corrected chi connectivity index (χ3v) is 9.16. The Bertz CT molecular complexity index is 1370. The molecular weight excluding hydrogens is 538 g/mol. The fraction of sp³-hybridized carbons (Fsp3) is 0.500. The van der Waals surface area contributed by atoms with Gasteiger partial charge in [-0.2, -0.15) is 0 Å². The maximum absolute atomic E-state index is 12.8. The van der Waals surface area contributed by atoms with Gasteiger partial charge >= 0.3 is 0 Å². The number of aromatic nitrogens is 1. The number of morpholine rings is 1. The van der Waals surface area contributed by atoms with Gasteiger partial charge in [-0.3, -0.25) is 9.59 Å². The number of fused-ring (bicyclic) bond motifs is 1. The summed E-state index contributed by atoms with van der Waals surface area (Å²) in [5, 5.41) is 7.96. The van der Waals surface area contributed by atoms with Crippen molar-refractivity contribution in [2.75, 3.05) is 41.8 Å². The number of thioether (sulfide) groups is 1. The van der Waals surface area contributed by atoms with E-state index in [1.807, 2.05) is 23.3 Å². The van der Waals surface area contributed by atoms with E-state index in [9.17, 15) is 9.59 Å². The molecule has 1 amide bonds. The molecule has 5 rings (SSSR count). The van der Waals surface area contributed by atoms with Crippen molar-refractivity contribution in [1.29, 1.82) is 0 Å². The number of anilines is 3.